The lowest BCUT2D eigenvalue weighted by molar-refractivity contribution is -0.130. The standard InChI is InChI=1S/C14H24N3O/c1-3-17(4-2)14(18)9-7-5-6-8-11-16-12-10-15-13-16/h12-13H,3-9,11H2,1-2H3. The molecule has 0 aliphatic rings. The van der Waals surface area contributed by atoms with Crippen LogP contribution in [0, 0.1) is 6.20 Å². The van der Waals surface area contributed by atoms with Crippen molar-refractivity contribution >= 4 is 5.91 Å². The molecule has 0 aromatic carbocycles. The molecule has 1 aromatic heterocycles. The number of aromatic nitrogens is 2. The quantitative estimate of drug-likeness (QED) is 0.632. The van der Waals surface area contributed by atoms with Gasteiger partial charge in [0.1, 0.15) is 6.20 Å². The first-order chi connectivity index (χ1) is 8.77. The Labute approximate surface area is 110 Å². The predicted octanol–water partition coefficient (Wildman–Crippen LogP) is 2.50. The van der Waals surface area contributed by atoms with Gasteiger partial charge in [0.15, 0.2) is 0 Å². The van der Waals surface area contributed by atoms with Gasteiger partial charge >= 0.3 is 0 Å². The summed E-state index contributed by atoms with van der Waals surface area (Å²) < 4.78 is 2.04. The summed E-state index contributed by atoms with van der Waals surface area (Å²) >= 11 is 0. The van der Waals surface area contributed by atoms with Gasteiger partial charge in [0.25, 0.3) is 0 Å². The molecule has 0 spiro atoms. The average molecular weight is 250 g/mol. The first-order valence-electron chi connectivity index (χ1n) is 6.93. The van der Waals surface area contributed by atoms with Gasteiger partial charge < -0.3 is 9.47 Å². The summed E-state index contributed by atoms with van der Waals surface area (Å²) in [5.74, 6) is 0.296. The zero-order valence-corrected chi connectivity index (χ0v) is 11.6. The van der Waals surface area contributed by atoms with E-state index in [0.29, 0.717) is 12.3 Å². The van der Waals surface area contributed by atoms with Gasteiger partial charge in [0.2, 0.25) is 5.91 Å². The summed E-state index contributed by atoms with van der Waals surface area (Å²) in [5, 5.41) is 0. The highest BCUT2D eigenvalue weighted by Crippen LogP contribution is 2.06. The van der Waals surface area contributed by atoms with Crippen molar-refractivity contribution in [2.24, 2.45) is 0 Å². The van der Waals surface area contributed by atoms with E-state index in [9.17, 15) is 4.79 Å². The van der Waals surface area contributed by atoms with Gasteiger partial charge in [-0.25, -0.2) is 4.98 Å². The molecule has 0 N–H and O–H groups in total. The maximum atomic E-state index is 11.7. The van der Waals surface area contributed by atoms with Crippen molar-refractivity contribution in [3.8, 4) is 0 Å². The van der Waals surface area contributed by atoms with Crippen molar-refractivity contribution in [1.82, 2.24) is 14.5 Å². The molecule has 0 aliphatic carbocycles. The summed E-state index contributed by atoms with van der Waals surface area (Å²) in [4.78, 5) is 17.5. The van der Waals surface area contributed by atoms with Gasteiger partial charge in [0.05, 0.1) is 6.33 Å². The molecule has 0 unspecified atom stereocenters. The van der Waals surface area contributed by atoms with Crippen LogP contribution in [-0.2, 0) is 11.3 Å². The van der Waals surface area contributed by atoms with Crippen molar-refractivity contribution in [3.63, 3.8) is 0 Å². The van der Waals surface area contributed by atoms with Gasteiger partial charge in [-0.05, 0) is 26.7 Å². The molecular weight excluding hydrogens is 226 g/mol. The third kappa shape index (κ3) is 5.34. The van der Waals surface area contributed by atoms with E-state index in [2.05, 4.69) is 11.2 Å². The molecule has 18 heavy (non-hydrogen) atoms. The average Bonchev–Trinajstić information content (AvgIpc) is 2.88. The number of hydrogen-bond donors (Lipinski definition) is 0. The third-order valence-electron chi connectivity index (χ3n) is 3.18. The highest BCUT2D eigenvalue weighted by atomic mass is 16.2. The van der Waals surface area contributed by atoms with E-state index >= 15 is 0 Å². The fourth-order valence-corrected chi connectivity index (χ4v) is 2.03. The van der Waals surface area contributed by atoms with E-state index < -0.39 is 0 Å². The van der Waals surface area contributed by atoms with E-state index in [4.69, 9.17) is 0 Å². The van der Waals surface area contributed by atoms with Crippen molar-refractivity contribution in [2.45, 2.75) is 52.5 Å². The number of aryl methyl sites for hydroxylation is 1. The molecule has 0 aliphatic heterocycles. The fourth-order valence-electron chi connectivity index (χ4n) is 2.03. The van der Waals surface area contributed by atoms with Crippen LogP contribution in [0.2, 0.25) is 0 Å². The zero-order chi connectivity index (χ0) is 13.2. The summed E-state index contributed by atoms with van der Waals surface area (Å²) in [5.41, 5.74) is 0. The first-order valence-corrected chi connectivity index (χ1v) is 6.93. The number of rotatable bonds is 9. The monoisotopic (exact) mass is 250 g/mol. The number of unbranched alkanes of at least 4 members (excludes halogenated alkanes) is 3. The Balaban J connectivity index is 2.00. The smallest absolute Gasteiger partial charge is 0.222 e. The van der Waals surface area contributed by atoms with Crippen LogP contribution in [0.15, 0.2) is 12.5 Å². The molecule has 1 amide bonds. The van der Waals surface area contributed by atoms with Crippen LogP contribution >= 0.6 is 0 Å². The van der Waals surface area contributed by atoms with Crippen molar-refractivity contribution in [3.05, 3.63) is 18.7 Å². The molecule has 1 radical (unpaired) electrons. The molecule has 0 fully saturated rings. The number of hydrogen-bond acceptors (Lipinski definition) is 2. The zero-order valence-electron chi connectivity index (χ0n) is 11.6. The van der Waals surface area contributed by atoms with Gasteiger partial charge in [-0.2, -0.15) is 0 Å². The molecule has 101 valence electrons. The predicted molar refractivity (Wildman–Crippen MR) is 72.1 cm³/mol. The Morgan fingerprint density at radius 1 is 1.22 bits per heavy atom. The van der Waals surface area contributed by atoms with Crippen LogP contribution in [-0.4, -0.2) is 33.4 Å². The maximum absolute atomic E-state index is 11.7. The van der Waals surface area contributed by atoms with E-state index in [0.717, 1.165) is 38.9 Å². The topological polar surface area (TPSA) is 38.1 Å². The lowest BCUT2D eigenvalue weighted by atomic mass is 10.1. The summed E-state index contributed by atoms with van der Waals surface area (Å²) in [6.45, 7) is 6.71. The normalized spacial score (nSPS) is 10.6. The first kappa shape index (κ1) is 14.7. The number of amides is 1. The molecule has 1 rings (SSSR count). The van der Waals surface area contributed by atoms with Crippen molar-refractivity contribution in [2.75, 3.05) is 13.1 Å². The lowest BCUT2D eigenvalue weighted by Gasteiger charge is -2.18. The van der Waals surface area contributed by atoms with E-state index in [1.807, 2.05) is 29.5 Å². The molecule has 1 aromatic rings. The minimum atomic E-state index is 0.296. The second-order valence-corrected chi connectivity index (χ2v) is 4.47. The van der Waals surface area contributed by atoms with Gasteiger partial charge in [-0.15, -0.1) is 0 Å². The minimum Gasteiger partial charge on any atom is -0.343 e. The molecule has 0 atom stereocenters. The summed E-state index contributed by atoms with van der Waals surface area (Å²) in [6, 6.07) is 0. The Morgan fingerprint density at radius 2 is 1.94 bits per heavy atom. The summed E-state index contributed by atoms with van der Waals surface area (Å²) in [7, 11) is 0. The molecule has 4 heteroatoms. The molecule has 4 nitrogen and oxygen atoms in total. The molecule has 1 heterocycles. The Bertz CT molecular complexity index is 318. The van der Waals surface area contributed by atoms with Crippen LogP contribution in [0.1, 0.15) is 46.0 Å². The number of imidazole rings is 1. The summed E-state index contributed by atoms with van der Waals surface area (Å²) in [6.07, 6.45) is 11.6. The SMILES string of the molecule is CCN(CC)C(=O)CCCCCCn1c[c]nc1. The van der Waals surface area contributed by atoms with Gasteiger partial charge in [-0.1, -0.05) is 12.8 Å². The van der Waals surface area contributed by atoms with E-state index in [1.165, 1.54) is 6.42 Å². The number of nitrogens with zero attached hydrogens (tertiary/aromatic N) is 3. The second kappa shape index (κ2) is 8.72. The van der Waals surface area contributed by atoms with Gasteiger partial charge in [0, 0.05) is 32.3 Å². The Morgan fingerprint density at radius 3 is 2.56 bits per heavy atom. The van der Waals surface area contributed by atoms with Crippen LogP contribution in [0.25, 0.3) is 0 Å². The lowest BCUT2D eigenvalue weighted by Crippen LogP contribution is -2.30. The fraction of sp³-hybridized carbons (Fsp3) is 0.714. The largest absolute Gasteiger partial charge is 0.343 e. The Kier molecular flexibility index (Phi) is 7.14. The van der Waals surface area contributed by atoms with Crippen LogP contribution in [0.3, 0.4) is 0 Å². The highest BCUT2D eigenvalue weighted by molar-refractivity contribution is 5.75. The second-order valence-electron chi connectivity index (χ2n) is 4.47. The van der Waals surface area contributed by atoms with Crippen LogP contribution < -0.4 is 0 Å². The van der Waals surface area contributed by atoms with E-state index in [1.54, 1.807) is 6.33 Å². The number of carbonyl (C=O) groups excluding carboxylic acids is 1. The van der Waals surface area contributed by atoms with Crippen molar-refractivity contribution < 1.29 is 4.79 Å². The molecular formula is C14H24N3O. The molecule has 0 saturated carbocycles. The van der Waals surface area contributed by atoms with Crippen molar-refractivity contribution in [1.29, 1.82) is 0 Å². The van der Waals surface area contributed by atoms with Crippen LogP contribution in [0.5, 0.6) is 0 Å². The molecule has 0 saturated heterocycles. The maximum Gasteiger partial charge on any atom is 0.222 e. The third-order valence-corrected chi connectivity index (χ3v) is 3.18. The Hall–Kier alpha value is -1.32. The molecule has 0 bridgehead atoms. The number of carbonyl (C=O) groups is 1. The minimum absolute atomic E-state index is 0.296. The highest BCUT2D eigenvalue weighted by Gasteiger charge is 2.07. The van der Waals surface area contributed by atoms with Gasteiger partial charge in [-0.3, -0.25) is 4.79 Å². The van der Waals surface area contributed by atoms with E-state index in [-0.39, 0.29) is 0 Å². The van der Waals surface area contributed by atoms with Crippen LogP contribution in [0.4, 0.5) is 0 Å².